The fourth-order valence-electron chi connectivity index (χ4n) is 4.12. The van der Waals surface area contributed by atoms with Gasteiger partial charge in [0, 0.05) is 25.9 Å². The van der Waals surface area contributed by atoms with Crippen molar-refractivity contribution in [3.05, 3.63) is 76.3 Å². The van der Waals surface area contributed by atoms with Crippen LogP contribution < -0.4 is 29.6 Å². The molecule has 14 nitrogen and oxygen atoms in total. The standard InChI is InChI=1S/C14H12F3NO5S.C13H11N3O3.CHF3O2S.Na/c15-14(16,17)24(22)23-8-9(19)4-3-7-18-12(20)10-5-1-2-6-11(10)13(18)21;14-15-8-9(17)4-3-7-16-12(18)10-5-1-2-6-11(10)13(16)19;2-1(3,4)7(5)6;/h1-2,5-6H,3-4,7-8H2;1-2,5-6,8H,3-4,7H2;(H,5,6);/q;;;+1/p-1. The first-order chi connectivity index (χ1) is 23.3. The predicted molar refractivity (Wildman–Crippen MR) is 157 cm³/mol. The van der Waals surface area contributed by atoms with Crippen molar-refractivity contribution in [3.63, 3.8) is 0 Å². The van der Waals surface area contributed by atoms with Gasteiger partial charge in [-0.2, -0.15) is 31.1 Å². The van der Waals surface area contributed by atoms with Gasteiger partial charge in [-0.25, -0.2) is 4.21 Å². The van der Waals surface area contributed by atoms with Crippen LogP contribution in [0.5, 0.6) is 0 Å². The van der Waals surface area contributed by atoms with Gasteiger partial charge in [0.25, 0.3) is 34.7 Å². The molecule has 0 radical (unpaired) electrons. The average molecular weight is 777 g/mol. The Labute approximate surface area is 311 Å². The summed E-state index contributed by atoms with van der Waals surface area (Å²) in [5, 5.41) is 0. The molecular weight excluding hydrogens is 753 g/mol. The van der Waals surface area contributed by atoms with E-state index in [1.807, 2.05) is 0 Å². The van der Waals surface area contributed by atoms with E-state index in [4.69, 9.17) is 14.3 Å². The van der Waals surface area contributed by atoms with Crippen molar-refractivity contribution in [2.45, 2.75) is 36.7 Å². The molecule has 0 saturated heterocycles. The quantitative estimate of drug-likeness (QED) is 0.0542. The van der Waals surface area contributed by atoms with E-state index in [1.54, 1.807) is 36.4 Å². The van der Waals surface area contributed by atoms with Crippen LogP contribution in [-0.2, 0) is 35.9 Å². The summed E-state index contributed by atoms with van der Waals surface area (Å²) in [5.41, 5.74) is -0.596. The van der Waals surface area contributed by atoms with Gasteiger partial charge < -0.3 is 10.1 Å². The summed E-state index contributed by atoms with van der Waals surface area (Å²) < 4.78 is 99.9. The summed E-state index contributed by atoms with van der Waals surface area (Å²) in [6.07, 6.45) is 1.14. The normalized spacial score (nSPS) is 14.5. The fraction of sp³-hybridized carbons (Fsp3) is 0.321. The Kier molecular flexibility index (Phi) is 18.0. The first kappa shape index (κ1) is 45.3. The Bertz CT molecular complexity index is 1680. The minimum absolute atomic E-state index is 0. The van der Waals surface area contributed by atoms with Crippen LogP contribution in [0.15, 0.2) is 48.5 Å². The molecule has 2 heterocycles. The topological polar surface area (TPSA) is 212 Å². The Morgan fingerprint density at radius 2 is 1.10 bits per heavy atom. The van der Waals surface area contributed by atoms with Crippen LogP contribution in [0.4, 0.5) is 26.3 Å². The summed E-state index contributed by atoms with van der Waals surface area (Å²) in [6.45, 7) is -0.813. The molecule has 0 N–H and O–H groups in total. The van der Waals surface area contributed by atoms with E-state index in [0.29, 0.717) is 17.5 Å². The largest absolute Gasteiger partial charge is 1.00 e. The van der Waals surface area contributed by atoms with Gasteiger partial charge >= 0.3 is 46.8 Å². The molecule has 0 bridgehead atoms. The minimum atomic E-state index is -5.08. The maximum absolute atomic E-state index is 12.0. The minimum Gasteiger partial charge on any atom is -0.766 e. The molecule has 270 valence electrons. The van der Waals surface area contributed by atoms with Crippen molar-refractivity contribution in [3.8, 4) is 0 Å². The third kappa shape index (κ3) is 13.4. The number of ketones is 2. The number of amides is 4. The van der Waals surface area contributed by atoms with E-state index in [9.17, 15) is 59.3 Å². The molecule has 2 unspecified atom stereocenters. The SMILES string of the molecule is O=C(CCCN1C(=O)c2ccccc2C1=O)COS(=O)C(F)(F)F.O=S([O-])C(F)(F)F.[N-]=[N+]=CC(=O)CCCN1C(=O)c2ccccc2C1=O.[Na+]. The Morgan fingerprint density at radius 1 is 0.745 bits per heavy atom. The number of carbonyl (C=O) groups excluding carboxylic acids is 6. The second-order valence-electron chi connectivity index (χ2n) is 9.69. The zero-order valence-corrected chi connectivity index (χ0v) is 29.7. The van der Waals surface area contributed by atoms with Crippen molar-refractivity contribution < 1.29 is 107 Å². The fourth-order valence-corrected chi connectivity index (χ4v) is 4.49. The number of fused-ring (bicyclic) bond motifs is 2. The van der Waals surface area contributed by atoms with E-state index < -0.39 is 57.4 Å². The van der Waals surface area contributed by atoms with Gasteiger partial charge in [0.1, 0.15) is 6.61 Å². The molecule has 0 spiro atoms. The molecule has 0 saturated carbocycles. The summed E-state index contributed by atoms with van der Waals surface area (Å²) in [6, 6.07) is 12.9. The number of nitrogens with zero attached hydrogens (tertiary/aromatic N) is 4. The van der Waals surface area contributed by atoms with Crippen LogP contribution in [0.25, 0.3) is 5.53 Å². The molecule has 2 aliphatic rings. The van der Waals surface area contributed by atoms with E-state index in [-0.39, 0.29) is 90.6 Å². The van der Waals surface area contributed by atoms with Crippen molar-refractivity contribution in [2.24, 2.45) is 0 Å². The number of Topliss-reactive ketones (excluding diaryl/α,β-unsaturated/α-hetero) is 2. The summed E-state index contributed by atoms with van der Waals surface area (Å²) in [4.78, 5) is 75.3. The van der Waals surface area contributed by atoms with Gasteiger partial charge in [-0.3, -0.25) is 47.0 Å². The molecule has 0 aliphatic carbocycles. The summed E-state index contributed by atoms with van der Waals surface area (Å²) in [5.74, 6) is -2.66. The van der Waals surface area contributed by atoms with Crippen molar-refractivity contribution in [2.75, 3.05) is 19.7 Å². The molecule has 2 aromatic carbocycles. The van der Waals surface area contributed by atoms with E-state index in [0.717, 1.165) is 16.0 Å². The first-order valence-corrected chi connectivity index (χ1v) is 15.9. The molecule has 2 atom stereocenters. The number of imide groups is 2. The van der Waals surface area contributed by atoms with Crippen LogP contribution in [0, 0.1) is 0 Å². The third-order valence-corrected chi connectivity index (χ3v) is 7.39. The predicted octanol–water partition coefficient (Wildman–Crippen LogP) is 0.154. The van der Waals surface area contributed by atoms with E-state index in [1.165, 1.54) is 12.1 Å². The van der Waals surface area contributed by atoms with Crippen LogP contribution in [-0.4, -0.2) is 99.7 Å². The number of halogens is 6. The number of hydrogen-bond acceptors (Lipinski definition) is 10. The van der Waals surface area contributed by atoms with Crippen molar-refractivity contribution >= 4 is 63.6 Å². The molecule has 2 aliphatic heterocycles. The number of hydrogen-bond donors (Lipinski definition) is 0. The molecule has 0 aromatic heterocycles. The number of benzene rings is 2. The zero-order valence-electron chi connectivity index (χ0n) is 26.1. The van der Waals surface area contributed by atoms with Crippen molar-refractivity contribution in [1.29, 1.82) is 0 Å². The molecule has 2 aromatic rings. The Balaban J connectivity index is 0.000000430. The summed E-state index contributed by atoms with van der Waals surface area (Å²) >= 11 is -7.48. The third-order valence-electron chi connectivity index (χ3n) is 6.31. The zero-order chi connectivity index (χ0) is 37.8. The Hall–Kier alpha value is -3.76. The first-order valence-electron chi connectivity index (χ1n) is 13.7. The average Bonchev–Trinajstić information content (AvgIpc) is 3.44. The number of carbonyl (C=O) groups is 6. The van der Waals surface area contributed by atoms with Gasteiger partial charge in [0.2, 0.25) is 5.78 Å². The Morgan fingerprint density at radius 3 is 1.41 bits per heavy atom. The van der Waals surface area contributed by atoms with E-state index in [2.05, 4.69) is 8.97 Å². The molecule has 23 heteroatoms. The molecule has 4 amide bonds. The van der Waals surface area contributed by atoms with Crippen LogP contribution in [0.1, 0.15) is 67.1 Å². The second-order valence-corrected chi connectivity index (χ2v) is 11.8. The van der Waals surface area contributed by atoms with Crippen molar-refractivity contribution in [1.82, 2.24) is 9.80 Å². The smallest absolute Gasteiger partial charge is 0.766 e. The number of rotatable bonds is 12. The molecule has 51 heavy (non-hydrogen) atoms. The second kappa shape index (κ2) is 20.3. The molecule has 0 fully saturated rings. The van der Waals surface area contributed by atoms with Gasteiger partial charge in [-0.15, -0.1) is 0 Å². The maximum Gasteiger partial charge on any atom is 1.00 e. The van der Waals surface area contributed by atoms with E-state index >= 15 is 0 Å². The van der Waals surface area contributed by atoms with Gasteiger partial charge in [0.05, 0.1) is 33.3 Å². The van der Waals surface area contributed by atoms with Crippen LogP contribution in [0.2, 0.25) is 0 Å². The van der Waals surface area contributed by atoms with Crippen LogP contribution >= 0.6 is 0 Å². The monoisotopic (exact) mass is 776 g/mol. The van der Waals surface area contributed by atoms with Gasteiger partial charge in [-0.1, -0.05) is 24.3 Å². The maximum atomic E-state index is 12.0. The van der Waals surface area contributed by atoms with Crippen LogP contribution in [0.3, 0.4) is 0 Å². The molecule has 4 rings (SSSR count). The molecular formula is C28H23F6N4NaO10S2. The van der Waals surface area contributed by atoms with Gasteiger partial charge in [-0.05, 0) is 37.1 Å². The number of alkyl halides is 6. The van der Waals surface area contributed by atoms with Gasteiger partial charge in [0.15, 0.2) is 5.78 Å². The summed E-state index contributed by atoms with van der Waals surface area (Å²) in [7, 11) is 0.